The number of hydrazone groups is 1. The molecular formula is C25H30ClN7O. The second kappa shape index (κ2) is 10.0. The van der Waals surface area contributed by atoms with Crippen molar-refractivity contribution in [2.75, 3.05) is 50.6 Å². The number of morpholine rings is 1. The number of benzene rings is 2. The molecule has 0 aliphatic carbocycles. The van der Waals surface area contributed by atoms with Crippen LogP contribution in [0.5, 0.6) is 0 Å². The topological polar surface area (TPSA) is 76.5 Å². The molecule has 0 radical (unpaired) electrons. The first-order valence-electron chi connectivity index (χ1n) is 11.6. The Kier molecular flexibility index (Phi) is 6.71. The summed E-state index contributed by atoms with van der Waals surface area (Å²) in [6.07, 6.45) is 2.32. The molecule has 34 heavy (non-hydrogen) atoms. The molecule has 1 atom stereocenters. The first-order valence-corrected chi connectivity index (χ1v) is 12.0. The molecule has 0 saturated carbocycles. The number of nitrogens with one attached hydrogen (secondary N) is 3. The standard InChI is InChI=1S/C25H30ClN7O/c1-27-15-17-13-19(7-8-23(17)33-9-11-34-12-10-33)29-25-28-16-18-14-22(31-32(2)24(18)30-25)20-5-3-4-6-21(20)26/h3-8,13,16,25,27,29-30H,9-12,14-15H2,1-2H3. The molecule has 3 N–H and O–H groups in total. The first-order chi connectivity index (χ1) is 16.6. The fourth-order valence-corrected chi connectivity index (χ4v) is 4.80. The van der Waals surface area contributed by atoms with Gasteiger partial charge in [0.15, 0.2) is 6.29 Å². The predicted molar refractivity (Wildman–Crippen MR) is 139 cm³/mol. The van der Waals surface area contributed by atoms with Crippen molar-refractivity contribution in [3.63, 3.8) is 0 Å². The number of allylic oxidation sites excluding steroid dienone is 1. The van der Waals surface area contributed by atoms with Gasteiger partial charge >= 0.3 is 0 Å². The average molecular weight is 480 g/mol. The lowest BCUT2D eigenvalue weighted by atomic mass is 10.0. The van der Waals surface area contributed by atoms with Crippen molar-refractivity contribution in [1.82, 2.24) is 15.6 Å². The second-order valence-electron chi connectivity index (χ2n) is 8.54. The van der Waals surface area contributed by atoms with Gasteiger partial charge in [0.05, 0.1) is 18.9 Å². The molecule has 9 heteroatoms. The molecule has 2 aromatic rings. The van der Waals surface area contributed by atoms with E-state index in [1.807, 2.05) is 49.6 Å². The van der Waals surface area contributed by atoms with E-state index in [0.29, 0.717) is 11.4 Å². The van der Waals surface area contributed by atoms with Gasteiger partial charge in [-0.05, 0) is 36.9 Å². The van der Waals surface area contributed by atoms with Crippen LogP contribution in [0.25, 0.3) is 0 Å². The van der Waals surface area contributed by atoms with E-state index in [-0.39, 0.29) is 6.29 Å². The Morgan fingerprint density at radius 3 is 2.79 bits per heavy atom. The van der Waals surface area contributed by atoms with Gasteiger partial charge in [-0.3, -0.25) is 5.01 Å². The van der Waals surface area contributed by atoms with Gasteiger partial charge in [0, 0.05) is 66.9 Å². The van der Waals surface area contributed by atoms with Crippen LogP contribution in [0.15, 0.2) is 64.0 Å². The maximum absolute atomic E-state index is 6.40. The van der Waals surface area contributed by atoms with Crippen LogP contribution in [0, 0.1) is 0 Å². The molecule has 0 bridgehead atoms. The summed E-state index contributed by atoms with van der Waals surface area (Å²) >= 11 is 6.40. The lowest BCUT2D eigenvalue weighted by Gasteiger charge is -2.33. The lowest BCUT2D eigenvalue weighted by Crippen LogP contribution is -2.43. The Balaban J connectivity index is 1.29. The number of hydrogen-bond acceptors (Lipinski definition) is 8. The van der Waals surface area contributed by atoms with E-state index in [4.69, 9.17) is 26.4 Å². The van der Waals surface area contributed by atoms with Gasteiger partial charge < -0.3 is 25.6 Å². The quantitative estimate of drug-likeness (QED) is 0.590. The molecule has 1 fully saturated rings. The second-order valence-corrected chi connectivity index (χ2v) is 8.95. The van der Waals surface area contributed by atoms with E-state index in [0.717, 1.165) is 61.2 Å². The fraction of sp³-hybridized carbons (Fsp3) is 0.360. The summed E-state index contributed by atoms with van der Waals surface area (Å²) in [7, 11) is 3.91. The van der Waals surface area contributed by atoms with Crippen molar-refractivity contribution in [3.05, 3.63) is 70.0 Å². The Labute approximate surface area is 205 Å². The van der Waals surface area contributed by atoms with Crippen molar-refractivity contribution in [2.24, 2.45) is 10.1 Å². The normalized spacial score (nSPS) is 20.1. The van der Waals surface area contributed by atoms with Crippen LogP contribution in [-0.2, 0) is 11.3 Å². The third kappa shape index (κ3) is 4.75. The molecule has 1 saturated heterocycles. The van der Waals surface area contributed by atoms with Crippen LogP contribution in [0.3, 0.4) is 0 Å². The molecule has 3 heterocycles. The molecule has 2 aromatic carbocycles. The molecule has 8 nitrogen and oxygen atoms in total. The number of aliphatic imine (C=N–C) groups is 1. The van der Waals surface area contributed by atoms with E-state index >= 15 is 0 Å². The molecule has 178 valence electrons. The molecular weight excluding hydrogens is 450 g/mol. The summed E-state index contributed by atoms with van der Waals surface area (Å²) < 4.78 is 5.52. The van der Waals surface area contributed by atoms with Crippen LogP contribution in [0.4, 0.5) is 11.4 Å². The largest absolute Gasteiger partial charge is 0.378 e. The number of ether oxygens (including phenoxy) is 1. The van der Waals surface area contributed by atoms with Crippen LogP contribution in [-0.4, -0.2) is 63.6 Å². The van der Waals surface area contributed by atoms with Crippen LogP contribution in [0.2, 0.25) is 5.02 Å². The van der Waals surface area contributed by atoms with E-state index < -0.39 is 0 Å². The SMILES string of the molecule is CNCc1cc(NC2N=CC3=C(N2)N(C)N=C(c2ccccc2Cl)C3)ccc1N1CCOCC1. The summed E-state index contributed by atoms with van der Waals surface area (Å²) in [6, 6.07) is 14.3. The third-order valence-corrected chi connectivity index (χ3v) is 6.53. The Hall–Kier alpha value is -3.07. The van der Waals surface area contributed by atoms with E-state index in [1.54, 1.807) is 0 Å². The highest BCUT2D eigenvalue weighted by molar-refractivity contribution is 6.34. The first kappa shape index (κ1) is 22.7. The molecule has 3 aliphatic rings. The van der Waals surface area contributed by atoms with Crippen molar-refractivity contribution >= 4 is 34.9 Å². The van der Waals surface area contributed by atoms with Crippen molar-refractivity contribution in [2.45, 2.75) is 19.3 Å². The fourth-order valence-electron chi connectivity index (χ4n) is 4.56. The van der Waals surface area contributed by atoms with E-state index in [1.165, 1.54) is 11.3 Å². The van der Waals surface area contributed by atoms with Gasteiger partial charge in [-0.2, -0.15) is 5.10 Å². The minimum atomic E-state index is -0.282. The van der Waals surface area contributed by atoms with Crippen LogP contribution >= 0.6 is 11.6 Å². The molecule has 0 aromatic heterocycles. The maximum atomic E-state index is 6.40. The summed E-state index contributed by atoms with van der Waals surface area (Å²) in [4.78, 5) is 7.11. The van der Waals surface area contributed by atoms with Gasteiger partial charge in [-0.1, -0.05) is 29.8 Å². The number of rotatable bonds is 6. The predicted octanol–water partition coefficient (Wildman–Crippen LogP) is 3.22. The zero-order valence-electron chi connectivity index (χ0n) is 19.5. The molecule has 1 unspecified atom stereocenters. The highest BCUT2D eigenvalue weighted by Crippen LogP contribution is 2.28. The summed E-state index contributed by atoms with van der Waals surface area (Å²) in [5.41, 5.74) is 6.49. The maximum Gasteiger partial charge on any atom is 0.195 e. The third-order valence-electron chi connectivity index (χ3n) is 6.20. The van der Waals surface area contributed by atoms with Crippen molar-refractivity contribution < 1.29 is 4.74 Å². The molecule has 0 amide bonds. The van der Waals surface area contributed by atoms with Crippen molar-refractivity contribution in [1.29, 1.82) is 0 Å². The Morgan fingerprint density at radius 2 is 2.00 bits per heavy atom. The van der Waals surface area contributed by atoms with Gasteiger partial charge in [0.1, 0.15) is 5.82 Å². The molecule has 5 rings (SSSR count). The minimum Gasteiger partial charge on any atom is -0.378 e. The molecule has 0 spiro atoms. The van der Waals surface area contributed by atoms with Gasteiger partial charge in [0.25, 0.3) is 0 Å². The van der Waals surface area contributed by atoms with Crippen molar-refractivity contribution in [3.8, 4) is 0 Å². The highest BCUT2D eigenvalue weighted by Gasteiger charge is 2.26. The van der Waals surface area contributed by atoms with Gasteiger partial charge in [0.2, 0.25) is 0 Å². The lowest BCUT2D eigenvalue weighted by molar-refractivity contribution is 0.122. The Morgan fingerprint density at radius 1 is 1.18 bits per heavy atom. The van der Waals surface area contributed by atoms with Gasteiger partial charge in [-0.15, -0.1) is 0 Å². The van der Waals surface area contributed by atoms with E-state index in [9.17, 15) is 0 Å². The summed E-state index contributed by atoms with van der Waals surface area (Å²) in [5, 5.41) is 17.6. The Bertz CT molecular complexity index is 1140. The number of anilines is 2. The summed E-state index contributed by atoms with van der Waals surface area (Å²) in [6.45, 7) is 4.16. The smallest absolute Gasteiger partial charge is 0.195 e. The summed E-state index contributed by atoms with van der Waals surface area (Å²) in [5.74, 6) is 0.948. The number of hydrogen-bond donors (Lipinski definition) is 3. The number of nitrogens with zero attached hydrogens (tertiary/aromatic N) is 4. The highest BCUT2D eigenvalue weighted by atomic mass is 35.5. The zero-order valence-corrected chi connectivity index (χ0v) is 20.3. The monoisotopic (exact) mass is 479 g/mol. The zero-order chi connectivity index (χ0) is 23.5. The molecule has 3 aliphatic heterocycles. The minimum absolute atomic E-state index is 0.282. The van der Waals surface area contributed by atoms with Gasteiger partial charge in [-0.25, -0.2) is 4.99 Å². The number of halogens is 1. The van der Waals surface area contributed by atoms with Crippen LogP contribution < -0.4 is 20.9 Å². The average Bonchev–Trinajstić information content (AvgIpc) is 2.85. The van der Waals surface area contributed by atoms with E-state index in [2.05, 4.69) is 39.0 Å². The van der Waals surface area contributed by atoms with Crippen LogP contribution in [0.1, 0.15) is 17.5 Å².